The van der Waals surface area contributed by atoms with Gasteiger partial charge in [-0.15, -0.1) is 0 Å². The summed E-state index contributed by atoms with van der Waals surface area (Å²) in [5, 5.41) is 3.47. The normalized spacial score (nSPS) is 28.2. The molecule has 0 amide bonds. The highest BCUT2D eigenvalue weighted by Gasteiger charge is 2.52. The molecule has 0 spiro atoms. The molecule has 1 fully saturated rings. The number of esters is 3. The average molecular weight is 315 g/mol. The van der Waals surface area contributed by atoms with E-state index in [-0.39, 0.29) is 0 Å². The van der Waals surface area contributed by atoms with Gasteiger partial charge >= 0.3 is 17.9 Å². The third-order valence-corrected chi connectivity index (χ3v) is 2.80. The lowest BCUT2D eigenvalue weighted by Gasteiger charge is -2.23. The molecule has 0 aliphatic carbocycles. The number of rotatable bonds is 5. The summed E-state index contributed by atoms with van der Waals surface area (Å²) in [5.41, 5.74) is 8.51. The van der Waals surface area contributed by atoms with Crippen LogP contribution in [0.5, 0.6) is 0 Å². The van der Waals surface area contributed by atoms with E-state index in [1.165, 1.54) is 13.8 Å². The maximum atomic E-state index is 11.3. The van der Waals surface area contributed by atoms with Crippen molar-refractivity contribution in [3.63, 3.8) is 0 Å². The van der Waals surface area contributed by atoms with Gasteiger partial charge in [0, 0.05) is 25.7 Å². The smallest absolute Gasteiger partial charge is 0.305 e. The lowest BCUT2D eigenvalue weighted by atomic mass is 10.1. The van der Waals surface area contributed by atoms with Gasteiger partial charge in [-0.3, -0.25) is 14.4 Å². The Labute approximate surface area is 126 Å². The molecular formula is C12H17N3O7. The van der Waals surface area contributed by atoms with Crippen LogP contribution in [0.1, 0.15) is 27.7 Å². The van der Waals surface area contributed by atoms with Crippen LogP contribution >= 0.6 is 0 Å². The number of ether oxygens (including phenoxy) is 4. The fraction of sp³-hybridized carbons (Fsp3) is 0.750. The monoisotopic (exact) mass is 315 g/mol. The lowest BCUT2D eigenvalue weighted by molar-refractivity contribution is -0.195. The SMILES string of the molecule is CC(=O)O[C@H]1O[C@H]([C@H](C)N=[N+]=[N-])[C@@H](OC(C)=O)[C@@H]1OC(C)=O. The van der Waals surface area contributed by atoms with Gasteiger partial charge in [0.2, 0.25) is 12.4 Å². The maximum Gasteiger partial charge on any atom is 0.305 e. The summed E-state index contributed by atoms with van der Waals surface area (Å²) in [6.45, 7) is 5.00. The van der Waals surface area contributed by atoms with Crippen LogP contribution in [0, 0.1) is 0 Å². The molecule has 1 aliphatic rings. The molecule has 0 bridgehead atoms. The lowest BCUT2D eigenvalue weighted by Crippen LogP contribution is -2.43. The van der Waals surface area contributed by atoms with Crippen molar-refractivity contribution in [3.05, 3.63) is 10.4 Å². The molecule has 22 heavy (non-hydrogen) atoms. The number of nitrogens with zero attached hydrogens (tertiary/aromatic N) is 3. The van der Waals surface area contributed by atoms with E-state index in [1.807, 2.05) is 0 Å². The molecule has 1 heterocycles. The van der Waals surface area contributed by atoms with Crippen LogP contribution in [0.4, 0.5) is 0 Å². The Kier molecular flexibility index (Phi) is 6.14. The predicted molar refractivity (Wildman–Crippen MR) is 70.1 cm³/mol. The maximum absolute atomic E-state index is 11.3. The van der Waals surface area contributed by atoms with Crippen LogP contribution in [0.3, 0.4) is 0 Å². The average Bonchev–Trinajstić information content (AvgIpc) is 2.67. The Balaban J connectivity index is 3.10. The molecule has 0 unspecified atom stereocenters. The fourth-order valence-electron chi connectivity index (χ4n) is 2.09. The molecule has 5 atom stereocenters. The van der Waals surface area contributed by atoms with Gasteiger partial charge in [-0.2, -0.15) is 0 Å². The zero-order valence-electron chi connectivity index (χ0n) is 12.6. The van der Waals surface area contributed by atoms with E-state index >= 15 is 0 Å². The van der Waals surface area contributed by atoms with E-state index in [4.69, 9.17) is 24.5 Å². The van der Waals surface area contributed by atoms with Crippen LogP contribution in [0.2, 0.25) is 0 Å². The van der Waals surface area contributed by atoms with Gasteiger partial charge < -0.3 is 18.9 Å². The molecule has 0 aromatic heterocycles. The first-order chi connectivity index (χ1) is 10.3. The molecule has 1 rings (SSSR count). The Morgan fingerprint density at radius 3 is 2.00 bits per heavy atom. The van der Waals surface area contributed by atoms with Crippen LogP contribution < -0.4 is 0 Å². The highest BCUT2D eigenvalue weighted by Crippen LogP contribution is 2.31. The van der Waals surface area contributed by atoms with Gasteiger partial charge in [-0.25, -0.2) is 0 Å². The van der Waals surface area contributed by atoms with Crippen molar-refractivity contribution < 1.29 is 33.3 Å². The topological polar surface area (TPSA) is 137 Å². The highest BCUT2D eigenvalue weighted by atomic mass is 16.7. The van der Waals surface area contributed by atoms with Gasteiger partial charge in [0.15, 0.2) is 6.10 Å². The zero-order valence-corrected chi connectivity index (χ0v) is 12.6. The van der Waals surface area contributed by atoms with Gasteiger partial charge in [0.25, 0.3) is 0 Å². The molecule has 1 saturated heterocycles. The summed E-state index contributed by atoms with van der Waals surface area (Å²) in [6.07, 6.45) is -4.39. The van der Waals surface area contributed by atoms with Gasteiger partial charge in [-0.05, 0) is 5.53 Å². The molecule has 122 valence electrons. The van der Waals surface area contributed by atoms with Crippen molar-refractivity contribution in [2.45, 2.75) is 58.3 Å². The first-order valence-electron chi connectivity index (χ1n) is 6.47. The van der Waals surface area contributed by atoms with Crippen LogP contribution in [-0.4, -0.2) is 48.6 Å². The first kappa shape index (κ1) is 17.7. The van der Waals surface area contributed by atoms with E-state index in [2.05, 4.69) is 10.0 Å². The number of carbonyl (C=O) groups is 3. The summed E-state index contributed by atoms with van der Waals surface area (Å²) in [7, 11) is 0. The van der Waals surface area contributed by atoms with Crippen molar-refractivity contribution in [2.75, 3.05) is 0 Å². The first-order valence-corrected chi connectivity index (χ1v) is 6.47. The van der Waals surface area contributed by atoms with Gasteiger partial charge in [-0.1, -0.05) is 12.0 Å². The minimum absolute atomic E-state index is 0.646. The van der Waals surface area contributed by atoms with E-state index in [0.717, 1.165) is 13.8 Å². The fourth-order valence-corrected chi connectivity index (χ4v) is 2.09. The van der Waals surface area contributed by atoms with E-state index in [0.29, 0.717) is 0 Å². The number of azide groups is 1. The molecule has 0 radical (unpaired) electrons. The van der Waals surface area contributed by atoms with E-state index < -0.39 is 48.6 Å². The molecule has 10 heteroatoms. The summed E-state index contributed by atoms with van der Waals surface area (Å²) in [4.78, 5) is 36.3. The van der Waals surface area contributed by atoms with Crippen LogP contribution in [0.15, 0.2) is 5.11 Å². The van der Waals surface area contributed by atoms with Gasteiger partial charge in [0.1, 0.15) is 6.10 Å². The quantitative estimate of drug-likeness (QED) is 0.241. The van der Waals surface area contributed by atoms with E-state index in [1.54, 1.807) is 0 Å². The summed E-state index contributed by atoms with van der Waals surface area (Å²) in [5.74, 6) is -1.98. The standard InChI is InChI=1S/C12H17N3O7/c1-5(14-15-13)9-10(19-6(2)16)11(20-7(3)17)12(22-9)21-8(4)18/h5,9-12H,1-4H3/t5-,9+,10+,11-,12-/m0/s1. The predicted octanol–water partition coefficient (Wildman–Crippen LogP) is 0.837. The zero-order chi connectivity index (χ0) is 16.9. The molecule has 0 aromatic carbocycles. The van der Waals surface area contributed by atoms with Crippen molar-refractivity contribution in [1.82, 2.24) is 0 Å². The molecule has 0 aromatic rings. The van der Waals surface area contributed by atoms with Gasteiger partial charge in [0.05, 0.1) is 6.04 Å². The summed E-state index contributed by atoms with van der Waals surface area (Å²) < 4.78 is 20.5. The summed E-state index contributed by atoms with van der Waals surface area (Å²) >= 11 is 0. The second-order valence-corrected chi connectivity index (χ2v) is 4.67. The van der Waals surface area contributed by atoms with Crippen molar-refractivity contribution in [3.8, 4) is 0 Å². The third-order valence-electron chi connectivity index (χ3n) is 2.80. The van der Waals surface area contributed by atoms with Crippen molar-refractivity contribution in [2.24, 2.45) is 5.11 Å². The highest BCUT2D eigenvalue weighted by molar-refractivity contribution is 5.68. The Morgan fingerprint density at radius 2 is 1.55 bits per heavy atom. The van der Waals surface area contributed by atoms with E-state index in [9.17, 15) is 14.4 Å². The Morgan fingerprint density at radius 1 is 1.05 bits per heavy atom. The minimum Gasteiger partial charge on any atom is -0.456 e. The van der Waals surface area contributed by atoms with Crippen LogP contribution in [-0.2, 0) is 33.3 Å². The summed E-state index contributed by atoms with van der Waals surface area (Å²) in [6, 6.07) is -0.743. The molecule has 0 N–H and O–H groups in total. The number of carbonyl (C=O) groups excluding carboxylic acids is 3. The molecule has 0 saturated carbocycles. The van der Waals surface area contributed by atoms with Crippen LogP contribution in [0.25, 0.3) is 10.4 Å². The number of hydrogen-bond donors (Lipinski definition) is 0. The second-order valence-electron chi connectivity index (χ2n) is 4.67. The van der Waals surface area contributed by atoms with Crippen molar-refractivity contribution in [1.29, 1.82) is 0 Å². The minimum atomic E-state index is -1.26. The Hall–Kier alpha value is -2.32. The molecule has 1 aliphatic heterocycles. The number of hydrogen-bond acceptors (Lipinski definition) is 8. The molecule has 10 nitrogen and oxygen atoms in total. The molecular weight excluding hydrogens is 298 g/mol. The largest absolute Gasteiger partial charge is 0.456 e. The second kappa shape index (κ2) is 7.62. The third kappa shape index (κ3) is 4.61. The Bertz CT molecular complexity index is 503. The van der Waals surface area contributed by atoms with Crippen molar-refractivity contribution >= 4 is 17.9 Å².